The van der Waals surface area contributed by atoms with Crippen LogP contribution in [0.1, 0.15) is 18.4 Å². The number of anilines is 1. The molecule has 1 atom stereocenters. The highest BCUT2D eigenvalue weighted by atomic mass is 19.4. The van der Waals surface area contributed by atoms with E-state index in [1.54, 1.807) is 16.8 Å². The van der Waals surface area contributed by atoms with E-state index in [0.717, 1.165) is 32.0 Å². The Balaban J connectivity index is 1.70. The minimum atomic E-state index is -4.53. The molecule has 1 aliphatic rings. The highest BCUT2D eigenvalue weighted by Gasteiger charge is 2.31. The van der Waals surface area contributed by atoms with Crippen LogP contribution in [0.25, 0.3) is 16.8 Å². The number of phenols is 1. The molecule has 3 heterocycles. The molecule has 0 bridgehead atoms. The quantitative estimate of drug-likeness (QED) is 0.714. The van der Waals surface area contributed by atoms with Gasteiger partial charge in [-0.05, 0) is 50.7 Å². The molecule has 10 heteroatoms. The molecule has 2 N–H and O–H groups in total. The third kappa shape index (κ3) is 3.47. The predicted molar refractivity (Wildman–Crippen MR) is 97.0 cm³/mol. The maximum atomic E-state index is 12.8. The van der Waals surface area contributed by atoms with Gasteiger partial charge in [-0.2, -0.15) is 22.8 Å². The number of hydrogen-bond donors (Lipinski definition) is 2. The number of nitrogens with zero attached hydrogens (tertiary/aromatic N) is 5. The van der Waals surface area contributed by atoms with Gasteiger partial charge < -0.3 is 15.3 Å². The molecule has 1 saturated heterocycles. The lowest BCUT2D eigenvalue weighted by molar-refractivity contribution is -0.137. The van der Waals surface area contributed by atoms with Crippen LogP contribution in [0.4, 0.5) is 19.1 Å². The highest BCUT2D eigenvalue weighted by molar-refractivity contribution is 5.80. The van der Waals surface area contributed by atoms with Crippen LogP contribution in [0.3, 0.4) is 0 Å². The van der Waals surface area contributed by atoms with Gasteiger partial charge >= 0.3 is 6.18 Å². The number of aromatic hydroxyl groups is 1. The molecule has 0 amide bonds. The second-order valence-electron chi connectivity index (χ2n) is 6.98. The lowest BCUT2D eigenvalue weighted by Crippen LogP contribution is -2.40. The van der Waals surface area contributed by atoms with Gasteiger partial charge in [-0.3, -0.25) is 0 Å². The van der Waals surface area contributed by atoms with Crippen LogP contribution in [-0.4, -0.2) is 56.0 Å². The summed E-state index contributed by atoms with van der Waals surface area (Å²) in [7, 11) is 2.06. The first kappa shape index (κ1) is 18.5. The molecule has 1 fully saturated rings. The number of hydrogen-bond acceptors (Lipinski definition) is 6. The van der Waals surface area contributed by atoms with Gasteiger partial charge in [-0.15, -0.1) is 10.2 Å². The van der Waals surface area contributed by atoms with Crippen molar-refractivity contribution in [3.63, 3.8) is 0 Å². The summed E-state index contributed by atoms with van der Waals surface area (Å²) >= 11 is 0. The van der Waals surface area contributed by atoms with E-state index in [0.29, 0.717) is 17.5 Å². The zero-order chi connectivity index (χ0) is 19.9. The molecule has 0 saturated carbocycles. The molecule has 2 aromatic heterocycles. The maximum absolute atomic E-state index is 12.8. The summed E-state index contributed by atoms with van der Waals surface area (Å²) in [4.78, 5) is 2.23. The first-order valence-corrected chi connectivity index (χ1v) is 8.89. The van der Waals surface area contributed by atoms with Crippen LogP contribution in [-0.2, 0) is 6.18 Å². The molecule has 28 heavy (non-hydrogen) atoms. The Morgan fingerprint density at radius 3 is 2.75 bits per heavy atom. The molecular formula is C18H19F3N6O. The maximum Gasteiger partial charge on any atom is 0.416 e. The molecule has 0 unspecified atom stereocenters. The summed E-state index contributed by atoms with van der Waals surface area (Å²) < 4.78 is 40.1. The number of likely N-dealkylation sites (tertiary alicyclic amines) is 1. The van der Waals surface area contributed by atoms with Crippen LogP contribution in [0.2, 0.25) is 0 Å². The first-order valence-electron chi connectivity index (χ1n) is 8.89. The Morgan fingerprint density at radius 1 is 1.21 bits per heavy atom. The second kappa shape index (κ2) is 6.93. The number of benzene rings is 1. The Morgan fingerprint density at radius 2 is 2.04 bits per heavy atom. The Bertz CT molecular complexity index is 1000. The van der Waals surface area contributed by atoms with Crippen molar-refractivity contribution in [1.82, 2.24) is 24.7 Å². The third-order valence-electron chi connectivity index (χ3n) is 4.87. The van der Waals surface area contributed by atoms with Crippen LogP contribution in [0, 0.1) is 0 Å². The van der Waals surface area contributed by atoms with Crippen LogP contribution >= 0.6 is 0 Å². The first-order chi connectivity index (χ1) is 13.3. The van der Waals surface area contributed by atoms with Crippen molar-refractivity contribution >= 4 is 11.5 Å². The van der Waals surface area contributed by atoms with E-state index < -0.39 is 17.5 Å². The van der Waals surface area contributed by atoms with Crippen molar-refractivity contribution < 1.29 is 18.3 Å². The van der Waals surface area contributed by atoms with E-state index in [1.807, 2.05) is 0 Å². The molecule has 0 aliphatic carbocycles. The number of halogens is 3. The average molecular weight is 392 g/mol. The van der Waals surface area contributed by atoms with Crippen LogP contribution in [0.15, 0.2) is 30.5 Å². The van der Waals surface area contributed by atoms with Crippen LogP contribution < -0.4 is 5.32 Å². The van der Waals surface area contributed by atoms with Gasteiger partial charge in [-0.25, -0.2) is 0 Å². The number of aromatic nitrogens is 4. The fourth-order valence-corrected chi connectivity index (χ4v) is 3.50. The summed E-state index contributed by atoms with van der Waals surface area (Å²) in [5.74, 6) is -0.0581. The lowest BCUT2D eigenvalue weighted by Gasteiger charge is -2.30. The summed E-state index contributed by atoms with van der Waals surface area (Å²) in [6, 6.07) is 4.67. The van der Waals surface area contributed by atoms with E-state index in [9.17, 15) is 18.3 Å². The van der Waals surface area contributed by atoms with E-state index in [2.05, 4.69) is 32.6 Å². The van der Waals surface area contributed by atoms with Crippen molar-refractivity contribution in [1.29, 1.82) is 0 Å². The molecule has 0 spiro atoms. The largest absolute Gasteiger partial charge is 0.507 e. The molecule has 1 aliphatic heterocycles. The monoisotopic (exact) mass is 392 g/mol. The molecule has 148 valence electrons. The van der Waals surface area contributed by atoms with Gasteiger partial charge in [-0.1, -0.05) is 0 Å². The topological polar surface area (TPSA) is 78.6 Å². The van der Waals surface area contributed by atoms with E-state index in [1.165, 1.54) is 6.07 Å². The van der Waals surface area contributed by atoms with Crippen molar-refractivity contribution in [2.45, 2.75) is 25.1 Å². The Hall–Kier alpha value is -2.88. The fraction of sp³-hybridized carbons (Fsp3) is 0.389. The summed E-state index contributed by atoms with van der Waals surface area (Å²) in [6.07, 6.45) is -0.909. The molecule has 7 nitrogen and oxygen atoms in total. The number of likely N-dealkylation sites (N-methyl/N-ethyl adjacent to an activating group) is 1. The smallest absolute Gasteiger partial charge is 0.416 e. The Labute approximate surface area is 158 Å². The Kier molecular flexibility index (Phi) is 4.58. The highest BCUT2D eigenvalue weighted by Crippen LogP contribution is 2.37. The van der Waals surface area contributed by atoms with Gasteiger partial charge in [0.05, 0.1) is 17.3 Å². The molecule has 0 radical (unpaired) electrons. The number of alkyl halides is 3. The second-order valence-corrected chi connectivity index (χ2v) is 6.98. The average Bonchev–Trinajstić information content (AvgIpc) is 3.12. The third-order valence-corrected chi connectivity index (χ3v) is 4.87. The summed E-state index contributed by atoms with van der Waals surface area (Å²) in [5, 5.41) is 26.1. The van der Waals surface area contributed by atoms with Gasteiger partial charge in [0.25, 0.3) is 0 Å². The number of phenolic OH excluding ortho intramolecular Hbond substituents is 1. The fourth-order valence-electron chi connectivity index (χ4n) is 3.50. The van der Waals surface area contributed by atoms with E-state index >= 15 is 0 Å². The molecule has 4 rings (SSSR count). The standard InChI is InChI=1S/C18H19F3N6O/c1-26-8-2-3-12(10-26)23-17-25-24-16(14-6-7-22-27(14)17)13-5-4-11(9-15(13)28)18(19,20)21/h4-7,9,12,28H,2-3,8,10H2,1H3,(H,23,25)/t12-/m1/s1. The van der Waals surface area contributed by atoms with Gasteiger partial charge in [0, 0.05) is 18.2 Å². The minimum Gasteiger partial charge on any atom is -0.507 e. The zero-order valence-corrected chi connectivity index (χ0v) is 15.1. The van der Waals surface area contributed by atoms with Crippen molar-refractivity contribution in [3.05, 3.63) is 36.0 Å². The van der Waals surface area contributed by atoms with Gasteiger partial charge in [0.15, 0.2) is 0 Å². The number of rotatable bonds is 3. The minimum absolute atomic E-state index is 0.162. The van der Waals surface area contributed by atoms with Crippen molar-refractivity contribution in [2.75, 3.05) is 25.5 Å². The molecular weight excluding hydrogens is 373 g/mol. The lowest BCUT2D eigenvalue weighted by atomic mass is 10.1. The molecule has 3 aromatic rings. The SMILES string of the molecule is CN1CCC[C@@H](Nc2nnc(-c3ccc(C(F)(F)F)cc3O)c3ccnn23)C1. The zero-order valence-electron chi connectivity index (χ0n) is 15.1. The number of piperidine rings is 1. The predicted octanol–water partition coefficient (Wildman–Crippen LogP) is 3.02. The van der Waals surface area contributed by atoms with Crippen molar-refractivity contribution in [2.24, 2.45) is 0 Å². The summed E-state index contributed by atoms with van der Waals surface area (Å²) in [6.45, 7) is 1.92. The van der Waals surface area contributed by atoms with Crippen LogP contribution in [0.5, 0.6) is 5.75 Å². The molecule has 1 aromatic carbocycles. The summed E-state index contributed by atoms with van der Waals surface area (Å²) in [5.41, 5.74) is 0.0349. The van der Waals surface area contributed by atoms with Gasteiger partial charge in [0.1, 0.15) is 11.4 Å². The van der Waals surface area contributed by atoms with E-state index in [4.69, 9.17) is 0 Å². The van der Waals surface area contributed by atoms with Crippen molar-refractivity contribution in [3.8, 4) is 17.0 Å². The number of nitrogens with one attached hydrogen (secondary N) is 1. The van der Waals surface area contributed by atoms with E-state index in [-0.39, 0.29) is 17.3 Å². The normalized spacial score (nSPS) is 18.5. The number of fused-ring (bicyclic) bond motifs is 1. The van der Waals surface area contributed by atoms with Gasteiger partial charge in [0.2, 0.25) is 5.95 Å².